The molecule has 2 aromatic rings. The van der Waals surface area contributed by atoms with Gasteiger partial charge in [0.05, 0.1) is 6.04 Å². The van der Waals surface area contributed by atoms with Crippen molar-refractivity contribution in [1.29, 1.82) is 0 Å². The van der Waals surface area contributed by atoms with Crippen LogP contribution in [0.4, 0.5) is 4.79 Å². The molecule has 0 aliphatic carbocycles. The summed E-state index contributed by atoms with van der Waals surface area (Å²) < 4.78 is 5.94. The number of carbonyl (C=O) groups is 1. The molecule has 0 bridgehead atoms. The summed E-state index contributed by atoms with van der Waals surface area (Å²) in [7, 11) is 0. The number of rotatable bonds is 5. The van der Waals surface area contributed by atoms with Crippen LogP contribution in [0.15, 0.2) is 28.7 Å². The first-order valence-corrected chi connectivity index (χ1v) is 9.72. The number of amides is 2. The Morgan fingerprint density at radius 3 is 2.85 bits per heavy atom. The fourth-order valence-electron chi connectivity index (χ4n) is 3.92. The number of nitrogens with one attached hydrogen (secondary N) is 2. The average molecular weight is 357 g/mol. The second kappa shape index (κ2) is 8.12. The highest BCUT2D eigenvalue weighted by Gasteiger charge is 2.22. The number of furan rings is 1. The molecule has 1 saturated heterocycles. The zero-order valence-electron chi connectivity index (χ0n) is 16.3. The molecule has 3 rings (SSSR count). The lowest BCUT2D eigenvalue weighted by Crippen LogP contribution is -2.48. The Morgan fingerprint density at radius 2 is 2.12 bits per heavy atom. The van der Waals surface area contributed by atoms with E-state index < -0.39 is 0 Å². The van der Waals surface area contributed by atoms with Crippen LogP contribution in [0, 0.1) is 12.8 Å². The predicted molar refractivity (Wildman–Crippen MR) is 105 cm³/mol. The molecule has 1 aliphatic heterocycles. The van der Waals surface area contributed by atoms with Gasteiger partial charge in [-0.25, -0.2) is 4.79 Å². The molecule has 142 valence electrons. The third-order valence-corrected chi connectivity index (χ3v) is 5.49. The number of hydrogen-bond acceptors (Lipinski definition) is 3. The minimum absolute atomic E-state index is 0.144. The molecule has 5 heteroatoms. The van der Waals surface area contributed by atoms with Crippen molar-refractivity contribution in [3.05, 3.63) is 35.6 Å². The van der Waals surface area contributed by atoms with E-state index in [-0.39, 0.29) is 12.1 Å². The first kappa shape index (κ1) is 18.8. The zero-order chi connectivity index (χ0) is 18.7. The number of para-hydroxylation sites is 1. The van der Waals surface area contributed by atoms with Gasteiger partial charge in [0.1, 0.15) is 11.3 Å². The van der Waals surface area contributed by atoms with Crippen molar-refractivity contribution in [1.82, 2.24) is 15.5 Å². The number of likely N-dealkylation sites (tertiary alicyclic amines) is 1. The van der Waals surface area contributed by atoms with Crippen molar-refractivity contribution in [2.75, 3.05) is 19.6 Å². The van der Waals surface area contributed by atoms with Crippen molar-refractivity contribution >= 4 is 17.0 Å². The minimum Gasteiger partial charge on any atom is -0.459 e. The quantitative estimate of drug-likeness (QED) is 0.842. The van der Waals surface area contributed by atoms with Crippen molar-refractivity contribution in [3.8, 4) is 0 Å². The van der Waals surface area contributed by atoms with E-state index in [0.717, 1.165) is 41.3 Å². The number of urea groups is 1. The van der Waals surface area contributed by atoms with E-state index in [1.54, 1.807) is 0 Å². The van der Waals surface area contributed by atoms with Crippen LogP contribution in [0.1, 0.15) is 51.0 Å². The Balaban J connectivity index is 1.53. The second-order valence-corrected chi connectivity index (χ2v) is 7.75. The summed E-state index contributed by atoms with van der Waals surface area (Å²) in [5.41, 5.74) is 1.95. The molecule has 1 fully saturated rings. The van der Waals surface area contributed by atoms with Crippen LogP contribution >= 0.6 is 0 Å². The standard InChI is InChI=1S/C21H31N3O2/c1-14-8-7-11-24(13-14)15(2)12-22-21(25)23-17(4)20-16(3)18-9-5-6-10-19(18)26-20/h5-6,9-10,14-15,17H,7-8,11-13H2,1-4H3,(H2,22,23,25)/t14-,15+,17+/m1/s1. The molecular formula is C21H31N3O2. The highest BCUT2D eigenvalue weighted by molar-refractivity contribution is 5.82. The summed E-state index contributed by atoms with van der Waals surface area (Å²) in [6.07, 6.45) is 2.56. The van der Waals surface area contributed by atoms with E-state index >= 15 is 0 Å². The van der Waals surface area contributed by atoms with Crippen LogP contribution in [0.5, 0.6) is 0 Å². The van der Waals surface area contributed by atoms with E-state index in [1.165, 1.54) is 12.8 Å². The molecule has 2 heterocycles. The van der Waals surface area contributed by atoms with Gasteiger partial charge in [0.15, 0.2) is 0 Å². The van der Waals surface area contributed by atoms with Gasteiger partial charge in [0.25, 0.3) is 0 Å². The minimum atomic E-state index is -0.173. The van der Waals surface area contributed by atoms with Crippen LogP contribution in [-0.4, -0.2) is 36.6 Å². The summed E-state index contributed by atoms with van der Waals surface area (Å²) in [6.45, 7) is 11.4. The normalized spacial score (nSPS) is 20.7. The largest absolute Gasteiger partial charge is 0.459 e. The number of hydrogen-bond donors (Lipinski definition) is 2. The van der Waals surface area contributed by atoms with Crippen LogP contribution in [0.3, 0.4) is 0 Å². The summed E-state index contributed by atoms with van der Waals surface area (Å²) in [5, 5.41) is 7.12. The lowest BCUT2D eigenvalue weighted by Gasteiger charge is -2.35. The van der Waals surface area contributed by atoms with Crippen molar-refractivity contribution in [3.63, 3.8) is 0 Å². The molecule has 1 aliphatic rings. The molecule has 1 aromatic heterocycles. The molecule has 26 heavy (non-hydrogen) atoms. The Bertz CT molecular complexity index is 755. The van der Waals surface area contributed by atoms with Crippen LogP contribution < -0.4 is 10.6 Å². The maximum atomic E-state index is 12.3. The van der Waals surface area contributed by atoms with Gasteiger partial charge >= 0.3 is 6.03 Å². The predicted octanol–water partition coefficient (Wildman–Crippen LogP) is 4.22. The number of fused-ring (bicyclic) bond motifs is 1. The maximum absolute atomic E-state index is 12.3. The fraction of sp³-hybridized carbons (Fsp3) is 0.571. The highest BCUT2D eigenvalue weighted by Crippen LogP contribution is 2.29. The SMILES string of the molecule is Cc1c([C@H](C)NC(=O)NC[C@H](C)N2CCC[C@@H](C)C2)oc2ccccc12. The van der Waals surface area contributed by atoms with E-state index in [4.69, 9.17) is 4.42 Å². The Hall–Kier alpha value is -2.01. The van der Waals surface area contributed by atoms with Gasteiger partial charge in [-0.2, -0.15) is 0 Å². The molecular weight excluding hydrogens is 326 g/mol. The fourth-order valence-corrected chi connectivity index (χ4v) is 3.92. The molecule has 0 spiro atoms. The van der Waals surface area contributed by atoms with Gasteiger partial charge in [0, 0.05) is 30.1 Å². The number of benzene rings is 1. The summed E-state index contributed by atoms with van der Waals surface area (Å²) in [5.74, 6) is 1.57. The van der Waals surface area contributed by atoms with Crippen LogP contribution in [0.2, 0.25) is 0 Å². The molecule has 2 N–H and O–H groups in total. The van der Waals surface area contributed by atoms with E-state index in [1.807, 2.05) is 38.1 Å². The first-order valence-electron chi connectivity index (χ1n) is 9.72. The third kappa shape index (κ3) is 4.21. The maximum Gasteiger partial charge on any atom is 0.315 e. The van der Waals surface area contributed by atoms with E-state index in [0.29, 0.717) is 12.6 Å². The van der Waals surface area contributed by atoms with Crippen molar-refractivity contribution in [2.45, 2.75) is 52.6 Å². The molecule has 1 aromatic carbocycles. The molecule has 0 unspecified atom stereocenters. The summed E-state index contributed by atoms with van der Waals surface area (Å²) in [6, 6.07) is 8.00. The number of piperidine rings is 1. The van der Waals surface area contributed by atoms with Gasteiger partial charge < -0.3 is 15.1 Å². The lowest BCUT2D eigenvalue weighted by atomic mass is 9.99. The lowest BCUT2D eigenvalue weighted by molar-refractivity contribution is 0.137. The average Bonchev–Trinajstić information content (AvgIpc) is 2.97. The smallest absolute Gasteiger partial charge is 0.315 e. The third-order valence-electron chi connectivity index (χ3n) is 5.49. The van der Waals surface area contributed by atoms with Gasteiger partial charge in [-0.05, 0) is 52.1 Å². The first-order chi connectivity index (χ1) is 12.5. The van der Waals surface area contributed by atoms with Gasteiger partial charge in [-0.15, -0.1) is 0 Å². The molecule has 2 amide bonds. The van der Waals surface area contributed by atoms with Gasteiger partial charge in [-0.1, -0.05) is 25.1 Å². The Labute approximate surface area is 156 Å². The summed E-state index contributed by atoms with van der Waals surface area (Å²) >= 11 is 0. The Morgan fingerprint density at radius 1 is 1.35 bits per heavy atom. The number of nitrogens with zero attached hydrogens (tertiary/aromatic N) is 1. The summed E-state index contributed by atoms with van der Waals surface area (Å²) in [4.78, 5) is 14.8. The van der Waals surface area contributed by atoms with E-state index in [2.05, 4.69) is 29.4 Å². The van der Waals surface area contributed by atoms with E-state index in [9.17, 15) is 4.79 Å². The molecule has 0 radical (unpaired) electrons. The zero-order valence-corrected chi connectivity index (χ0v) is 16.3. The van der Waals surface area contributed by atoms with Crippen molar-refractivity contribution in [2.24, 2.45) is 5.92 Å². The second-order valence-electron chi connectivity index (χ2n) is 7.75. The number of aryl methyl sites for hydroxylation is 1. The van der Waals surface area contributed by atoms with Crippen molar-refractivity contribution < 1.29 is 9.21 Å². The van der Waals surface area contributed by atoms with Gasteiger partial charge in [-0.3, -0.25) is 4.90 Å². The number of carbonyl (C=O) groups excluding carboxylic acids is 1. The highest BCUT2D eigenvalue weighted by atomic mass is 16.3. The molecule has 3 atom stereocenters. The monoisotopic (exact) mass is 357 g/mol. The Kier molecular flexibility index (Phi) is 5.87. The van der Waals surface area contributed by atoms with Gasteiger partial charge in [0.2, 0.25) is 0 Å². The van der Waals surface area contributed by atoms with Crippen LogP contribution in [0.25, 0.3) is 11.0 Å². The molecule has 0 saturated carbocycles. The molecule has 5 nitrogen and oxygen atoms in total. The van der Waals surface area contributed by atoms with Crippen LogP contribution in [-0.2, 0) is 0 Å². The topological polar surface area (TPSA) is 57.5 Å².